The molecular formula is C15H20BrN3S. The molecule has 20 heavy (non-hydrogen) atoms. The Hall–Kier alpha value is -0.780. The highest BCUT2D eigenvalue weighted by Gasteiger charge is 2.22. The summed E-state index contributed by atoms with van der Waals surface area (Å²) in [5.74, 6) is 0. The Labute approximate surface area is 133 Å². The van der Waals surface area contributed by atoms with Crippen molar-refractivity contribution in [2.45, 2.75) is 39.2 Å². The molecule has 0 saturated heterocycles. The van der Waals surface area contributed by atoms with Gasteiger partial charge in [-0.2, -0.15) is 0 Å². The van der Waals surface area contributed by atoms with Crippen molar-refractivity contribution in [3.8, 4) is 0 Å². The molecule has 1 unspecified atom stereocenters. The molecule has 2 heterocycles. The maximum Gasteiger partial charge on any atom is 0.116 e. The molecular weight excluding hydrogens is 334 g/mol. The van der Waals surface area contributed by atoms with Crippen LogP contribution in [-0.4, -0.2) is 16.5 Å². The fourth-order valence-electron chi connectivity index (χ4n) is 1.85. The van der Waals surface area contributed by atoms with Crippen molar-refractivity contribution in [2.24, 2.45) is 0 Å². The SMILES string of the molecule is CCNC(c1ccc(Br)cn1)c1nc(C(C)(C)C)cs1. The highest BCUT2D eigenvalue weighted by atomic mass is 79.9. The van der Waals surface area contributed by atoms with Gasteiger partial charge in [0.05, 0.1) is 11.4 Å². The van der Waals surface area contributed by atoms with E-state index in [1.807, 2.05) is 18.3 Å². The summed E-state index contributed by atoms with van der Waals surface area (Å²) in [4.78, 5) is 9.31. The number of nitrogens with zero attached hydrogens (tertiary/aromatic N) is 2. The van der Waals surface area contributed by atoms with Crippen molar-refractivity contribution >= 4 is 27.3 Å². The lowest BCUT2D eigenvalue weighted by molar-refractivity contribution is 0.560. The van der Waals surface area contributed by atoms with Crippen LogP contribution in [0.15, 0.2) is 28.2 Å². The van der Waals surface area contributed by atoms with Gasteiger partial charge in [0, 0.05) is 21.5 Å². The Bertz CT molecular complexity index is 557. The van der Waals surface area contributed by atoms with E-state index in [-0.39, 0.29) is 11.5 Å². The zero-order chi connectivity index (χ0) is 14.8. The molecule has 1 atom stereocenters. The van der Waals surface area contributed by atoms with Gasteiger partial charge in [-0.1, -0.05) is 27.7 Å². The number of aromatic nitrogens is 2. The summed E-state index contributed by atoms with van der Waals surface area (Å²) in [6, 6.07) is 4.12. The summed E-state index contributed by atoms with van der Waals surface area (Å²) in [6.45, 7) is 9.54. The average molecular weight is 354 g/mol. The third-order valence-electron chi connectivity index (χ3n) is 2.99. The van der Waals surface area contributed by atoms with Crippen molar-refractivity contribution in [3.05, 3.63) is 44.6 Å². The molecule has 1 N–H and O–H groups in total. The molecule has 2 aromatic heterocycles. The molecule has 0 fully saturated rings. The van der Waals surface area contributed by atoms with Gasteiger partial charge in [0.2, 0.25) is 0 Å². The molecule has 0 amide bonds. The van der Waals surface area contributed by atoms with Crippen LogP contribution < -0.4 is 5.32 Å². The van der Waals surface area contributed by atoms with Crippen LogP contribution in [0.3, 0.4) is 0 Å². The van der Waals surface area contributed by atoms with Gasteiger partial charge >= 0.3 is 0 Å². The molecule has 0 aromatic carbocycles. The van der Waals surface area contributed by atoms with E-state index in [0.29, 0.717) is 0 Å². The van der Waals surface area contributed by atoms with Crippen LogP contribution >= 0.6 is 27.3 Å². The molecule has 0 radical (unpaired) electrons. The molecule has 0 saturated carbocycles. The van der Waals surface area contributed by atoms with E-state index in [1.54, 1.807) is 11.3 Å². The third kappa shape index (κ3) is 3.65. The highest BCUT2D eigenvalue weighted by Crippen LogP contribution is 2.29. The van der Waals surface area contributed by atoms with Gasteiger partial charge < -0.3 is 5.32 Å². The molecule has 0 spiro atoms. The van der Waals surface area contributed by atoms with E-state index in [1.165, 1.54) is 0 Å². The van der Waals surface area contributed by atoms with Gasteiger partial charge in [-0.3, -0.25) is 4.98 Å². The lowest BCUT2D eigenvalue weighted by Crippen LogP contribution is -2.23. The molecule has 5 heteroatoms. The molecule has 3 nitrogen and oxygen atoms in total. The minimum atomic E-state index is 0.0641. The fourth-order valence-corrected chi connectivity index (χ4v) is 3.21. The van der Waals surface area contributed by atoms with Gasteiger partial charge in [-0.25, -0.2) is 4.98 Å². The summed E-state index contributed by atoms with van der Waals surface area (Å²) in [7, 11) is 0. The third-order valence-corrected chi connectivity index (χ3v) is 4.37. The topological polar surface area (TPSA) is 37.8 Å². The predicted molar refractivity (Wildman–Crippen MR) is 88.3 cm³/mol. The van der Waals surface area contributed by atoms with Gasteiger partial charge in [-0.05, 0) is 34.6 Å². The Balaban J connectivity index is 2.33. The standard InChI is InChI=1S/C15H20BrN3S/c1-5-17-13(11-7-6-10(16)8-18-11)14-19-12(9-20-14)15(2,3)4/h6-9,13,17H,5H2,1-4H3. The Kier molecular flexibility index (Phi) is 4.94. The number of nitrogens with one attached hydrogen (secondary N) is 1. The van der Waals surface area contributed by atoms with Crippen molar-refractivity contribution in [3.63, 3.8) is 0 Å². The number of pyridine rings is 1. The number of halogens is 1. The van der Waals surface area contributed by atoms with E-state index in [4.69, 9.17) is 4.98 Å². The zero-order valence-electron chi connectivity index (χ0n) is 12.3. The fraction of sp³-hybridized carbons (Fsp3) is 0.467. The van der Waals surface area contributed by atoms with E-state index in [9.17, 15) is 0 Å². The predicted octanol–water partition coefficient (Wildman–Crippen LogP) is 4.30. The van der Waals surface area contributed by atoms with Crippen LogP contribution in [0.5, 0.6) is 0 Å². The molecule has 0 aliphatic rings. The monoisotopic (exact) mass is 353 g/mol. The zero-order valence-corrected chi connectivity index (χ0v) is 14.7. The first-order valence-corrected chi connectivity index (χ1v) is 8.40. The summed E-state index contributed by atoms with van der Waals surface area (Å²) in [5.41, 5.74) is 2.22. The minimum Gasteiger partial charge on any atom is -0.303 e. The van der Waals surface area contributed by atoms with Gasteiger partial charge in [-0.15, -0.1) is 11.3 Å². The Morgan fingerprint density at radius 3 is 2.60 bits per heavy atom. The summed E-state index contributed by atoms with van der Waals surface area (Å²) >= 11 is 5.12. The smallest absolute Gasteiger partial charge is 0.116 e. The summed E-state index contributed by atoms with van der Waals surface area (Å²) < 4.78 is 0.992. The molecule has 2 aromatic rings. The van der Waals surface area contributed by atoms with Crippen LogP contribution in [0.2, 0.25) is 0 Å². The molecule has 0 aliphatic heterocycles. The van der Waals surface area contributed by atoms with Gasteiger partial charge in [0.25, 0.3) is 0 Å². The molecule has 108 valence electrons. The van der Waals surface area contributed by atoms with E-state index in [0.717, 1.165) is 27.4 Å². The molecule has 2 rings (SSSR count). The molecule has 0 aliphatic carbocycles. The Morgan fingerprint density at radius 2 is 2.10 bits per heavy atom. The van der Waals surface area contributed by atoms with Crippen LogP contribution in [0, 0.1) is 0 Å². The van der Waals surface area contributed by atoms with Crippen molar-refractivity contribution in [2.75, 3.05) is 6.54 Å². The second-order valence-electron chi connectivity index (χ2n) is 5.71. The summed E-state index contributed by atoms with van der Waals surface area (Å²) in [6.07, 6.45) is 1.83. The first kappa shape index (κ1) is 15.6. The van der Waals surface area contributed by atoms with Crippen molar-refractivity contribution in [1.82, 2.24) is 15.3 Å². The lowest BCUT2D eigenvalue weighted by atomic mass is 9.93. The van der Waals surface area contributed by atoms with Crippen LogP contribution in [0.4, 0.5) is 0 Å². The normalized spacial score (nSPS) is 13.4. The van der Waals surface area contributed by atoms with Crippen LogP contribution in [0.1, 0.15) is 50.1 Å². The van der Waals surface area contributed by atoms with E-state index in [2.05, 4.69) is 59.3 Å². The maximum absolute atomic E-state index is 4.80. The summed E-state index contributed by atoms with van der Waals surface area (Å²) in [5, 5.41) is 6.70. The van der Waals surface area contributed by atoms with E-state index >= 15 is 0 Å². The van der Waals surface area contributed by atoms with Gasteiger partial charge in [0.15, 0.2) is 0 Å². The maximum atomic E-state index is 4.80. The quantitative estimate of drug-likeness (QED) is 0.890. The Morgan fingerprint density at radius 1 is 1.35 bits per heavy atom. The van der Waals surface area contributed by atoms with Crippen LogP contribution in [-0.2, 0) is 5.41 Å². The molecule has 0 bridgehead atoms. The number of hydrogen-bond acceptors (Lipinski definition) is 4. The highest BCUT2D eigenvalue weighted by molar-refractivity contribution is 9.10. The number of thiazole rings is 1. The minimum absolute atomic E-state index is 0.0641. The number of hydrogen-bond donors (Lipinski definition) is 1. The second-order valence-corrected chi connectivity index (χ2v) is 7.52. The lowest BCUT2D eigenvalue weighted by Gasteiger charge is -2.17. The van der Waals surface area contributed by atoms with Crippen LogP contribution in [0.25, 0.3) is 0 Å². The largest absolute Gasteiger partial charge is 0.303 e. The second kappa shape index (κ2) is 6.33. The van der Waals surface area contributed by atoms with Crippen molar-refractivity contribution in [1.29, 1.82) is 0 Å². The first-order valence-electron chi connectivity index (χ1n) is 6.72. The number of rotatable bonds is 4. The average Bonchev–Trinajstić information content (AvgIpc) is 2.86. The van der Waals surface area contributed by atoms with E-state index < -0.39 is 0 Å². The van der Waals surface area contributed by atoms with Gasteiger partial charge in [0.1, 0.15) is 11.0 Å². The first-order chi connectivity index (χ1) is 9.41. The van der Waals surface area contributed by atoms with Crippen molar-refractivity contribution < 1.29 is 0 Å².